The molecule has 0 spiro atoms. The van der Waals surface area contributed by atoms with Crippen molar-refractivity contribution in [3.8, 4) is 0 Å². The predicted molar refractivity (Wildman–Crippen MR) is 98.4 cm³/mol. The third-order valence-electron chi connectivity index (χ3n) is 5.03. The van der Waals surface area contributed by atoms with Crippen LogP contribution in [0.1, 0.15) is 61.0 Å². The number of piperidine rings is 1. The average molecular weight is 371 g/mol. The molecule has 4 amide bonds. The number of nitrogens with zero attached hydrogens (tertiary/aromatic N) is 1. The van der Waals surface area contributed by atoms with E-state index < -0.39 is 11.9 Å². The molecular formula is C20H25N3O4. The lowest BCUT2D eigenvalue weighted by Gasteiger charge is -2.29. The van der Waals surface area contributed by atoms with Crippen LogP contribution in [-0.4, -0.2) is 34.6 Å². The third kappa shape index (κ3) is 4.35. The number of hydrogen-bond acceptors (Lipinski definition) is 4. The van der Waals surface area contributed by atoms with Crippen molar-refractivity contribution >= 4 is 23.6 Å². The second-order valence-electron chi connectivity index (χ2n) is 7.60. The molecule has 0 aromatic heterocycles. The van der Waals surface area contributed by atoms with Gasteiger partial charge in [0.2, 0.25) is 17.7 Å². The lowest BCUT2D eigenvalue weighted by Crippen LogP contribution is -2.52. The molecule has 1 aromatic carbocycles. The van der Waals surface area contributed by atoms with E-state index in [-0.39, 0.29) is 24.1 Å². The van der Waals surface area contributed by atoms with Gasteiger partial charge in [-0.2, -0.15) is 0 Å². The summed E-state index contributed by atoms with van der Waals surface area (Å²) in [5.74, 6) is -0.430. The summed E-state index contributed by atoms with van der Waals surface area (Å²) in [6.07, 6.45) is 1.92. The average Bonchev–Trinajstić information content (AvgIpc) is 2.94. The third-order valence-corrected chi connectivity index (χ3v) is 5.03. The number of benzene rings is 1. The standard InChI is InChI=1S/C20H25N3O4/c1-12(2)3-7-17(24)21-10-13-4-5-14-11-23(20(27)15(14)9-13)16-6-8-18(25)22-19(16)26/h4-5,9,12,16H,3,6-8,10-11H2,1-2H3,(H,21,24)(H,22,25,26). The number of carbonyl (C=O) groups is 4. The molecule has 0 aliphatic carbocycles. The van der Waals surface area contributed by atoms with Gasteiger partial charge in [0, 0.05) is 31.5 Å². The summed E-state index contributed by atoms with van der Waals surface area (Å²) in [5.41, 5.74) is 2.28. The van der Waals surface area contributed by atoms with Crippen LogP contribution < -0.4 is 10.6 Å². The van der Waals surface area contributed by atoms with Crippen LogP contribution >= 0.6 is 0 Å². The molecule has 0 radical (unpaired) electrons. The van der Waals surface area contributed by atoms with Gasteiger partial charge >= 0.3 is 0 Å². The summed E-state index contributed by atoms with van der Waals surface area (Å²) in [6, 6.07) is 4.94. The van der Waals surface area contributed by atoms with E-state index in [4.69, 9.17) is 0 Å². The molecule has 2 N–H and O–H groups in total. The lowest BCUT2D eigenvalue weighted by molar-refractivity contribution is -0.137. The Morgan fingerprint density at radius 2 is 2.07 bits per heavy atom. The van der Waals surface area contributed by atoms with Crippen LogP contribution in [0.5, 0.6) is 0 Å². The fourth-order valence-corrected chi connectivity index (χ4v) is 3.42. The summed E-state index contributed by atoms with van der Waals surface area (Å²) in [6.45, 7) is 4.89. The minimum absolute atomic E-state index is 0.000644. The van der Waals surface area contributed by atoms with Crippen molar-refractivity contribution in [2.75, 3.05) is 0 Å². The molecule has 0 saturated carbocycles. The minimum Gasteiger partial charge on any atom is -0.352 e. The van der Waals surface area contributed by atoms with Crippen LogP contribution in [0.3, 0.4) is 0 Å². The van der Waals surface area contributed by atoms with E-state index in [9.17, 15) is 19.2 Å². The Balaban J connectivity index is 1.63. The predicted octanol–water partition coefficient (Wildman–Crippen LogP) is 1.50. The van der Waals surface area contributed by atoms with Crippen molar-refractivity contribution in [3.05, 3.63) is 34.9 Å². The summed E-state index contributed by atoms with van der Waals surface area (Å²) >= 11 is 0. The van der Waals surface area contributed by atoms with Gasteiger partial charge in [-0.1, -0.05) is 26.0 Å². The van der Waals surface area contributed by atoms with E-state index in [0.29, 0.717) is 37.4 Å². The highest BCUT2D eigenvalue weighted by Crippen LogP contribution is 2.28. The molecule has 2 heterocycles. The van der Waals surface area contributed by atoms with Gasteiger partial charge in [0.15, 0.2) is 0 Å². The van der Waals surface area contributed by atoms with Crippen molar-refractivity contribution in [2.45, 2.75) is 58.7 Å². The Labute approximate surface area is 158 Å². The number of fused-ring (bicyclic) bond motifs is 1. The molecule has 7 nitrogen and oxygen atoms in total. The topological polar surface area (TPSA) is 95.6 Å². The highest BCUT2D eigenvalue weighted by Gasteiger charge is 2.39. The first-order valence-corrected chi connectivity index (χ1v) is 9.38. The monoisotopic (exact) mass is 371 g/mol. The SMILES string of the molecule is CC(C)CCC(=O)NCc1ccc2c(c1)C(=O)N(C1CCC(=O)NC1=O)C2. The van der Waals surface area contributed by atoms with Crippen molar-refractivity contribution in [3.63, 3.8) is 0 Å². The molecule has 2 aliphatic heterocycles. The maximum atomic E-state index is 12.8. The fraction of sp³-hybridized carbons (Fsp3) is 0.500. The van der Waals surface area contributed by atoms with Crippen LogP contribution in [0.15, 0.2) is 18.2 Å². The molecule has 1 unspecified atom stereocenters. The number of hydrogen-bond donors (Lipinski definition) is 2. The Kier molecular flexibility index (Phi) is 5.58. The first kappa shape index (κ1) is 19.1. The first-order valence-electron chi connectivity index (χ1n) is 9.38. The second kappa shape index (κ2) is 7.90. The van der Waals surface area contributed by atoms with E-state index in [2.05, 4.69) is 24.5 Å². The van der Waals surface area contributed by atoms with Crippen LogP contribution in [0.4, 0.5) is 0 Å². The fourth-order valence-electron chi connectivity index (χ4n) is 3.42. The van der Waals surface area contributed by atoms with Crippen molar-refractivity contribution < 1.29 is 19.2 Å². The molecule has 7 heteroatoms. The Hall–Kier alpha value is -2.70. The highest BCUT2D eigenvalue weighted by atomic mass is 16.2. The number of nitrogens with one attached hydrogen (secondary N) is 2. The maximum absolute atomic E-state index is 12.8. The van der Waals surface area contributed by atoms with Gasteiger partial charge in [-0.15, -0.1) is 0 Å². The van der Waals surface area contributed by atoms with Crippen LogP contribution in [0.25, 0.3) is 0 Å². The Bertz CT molecular complexity index is 787. The second-order valence-corrected chi connectivity index (χ2v) is 7.60. The summed E-state index contributed by atoms with van der Waals surface area (Å²) in [7, 11) is 0. The van der Waals surface area contributed by atoms with Gasteiger partial charge < -0.3 is 10.2 Å². The molecule has 144 valence electrons. The highest BCUT2D eigenvalue weighted by molar-refractivity contribution is 6.05. The molecule has 1 aromatic rings. The van der Waals surface area contributed by atoms with E-state index in [1.54, 1.807) is 6.07 Å². The van der Waals surface area contributed by atoms with Crippen molar-refractivity contribution in [1.29, 1.82) is 0 Å². The zero-order valence-corrected chi connectivity index (χ0v) is 15.7. The molecular weight excluding hydrogens is 346 g/mol. The zero-order chi connectivity index (χ0) is 19.6. The molecule has 0 bridgehead atoms. The summed E-state index contributed by atoms with van der Waals surface area (Å²) < 4.78 is 0. The van der Waals surface area contributed by atoms with Crippen LogP contribution in [0.2, 0.25) is 0 Å². The molecule has 3 rings (SSSR count). The number of imide groups is 1. The van der Waals surface area contributed by atoms with Gasteiger partial charge in [0.05, 0.1) is 0 Å². The quantitative estimate of drug-likeness (QED) is 0.741. The van der Waals surface area contributed by atoms with Gasteiger partial charge in [-0.25, -0.2) is 0 Å². The van der Waals surface area contributed by atoms with E-state index >= 15 is 0 Å². The van der Waals surface area contributed by atoms with E-state index in [1.807, 2.05) is 12.1 Å². The Morgan fingerprint density at radius 3 is 2.78 bits per heavy atom. The van der Waals surface area contributed by atoms with Crippen LogP contribution in [-0.2, 0) is 27.5 Å². The lowest BCUT2D eigenvalue weighted by atomic mass is 10.0. The van der Waals surface area contributed by atoms with Gasteiger partial charge in [0.25, 0.3) is 5.91 Å². The van der Waals surface area contributed by atoms with Crippen molar-refractivity contribution in [2.24, 2.45) is 5.92 Å². The van der Waals surface area contributed by atoms with E-state index in [1.165, 1.54) is 4.90 Å². The smallest absolute Gasteiger partial charge is 0.255 e. The van der Waals surface area contributed by atoms with Crippen molar-refractivity contribution in [1.82, 2.24) is 15.5 Å². The van der Waals surface area contributed by atoms with Crippen LogP contribution in [0, 0.1) is 5.92 Å². The molecule has 1 saturated heterocycles. The van der Waals surface area contributed by atoms with Gasteiger partial charge in [-0.05, 0) is 36.0 Å². The minimum atomic E-state index is -0.609. The maximum Gasteiger partial charge on any atom is 0.255 e. The normalized spacial score (nSPS) is 19.3. The zero-order valence-electron chi connectivity index (χ0n) is 15.7. The molecule has 1 atom stereocenters. The number of rotatable bonds is 6. The number of carbonyl (C=O) groups excluding carboxylic acids is 4. The van der Waals surface area contributed by atoms with Gasteiger partial charge in [0.1, 0.15) is 6.04 Å². The Morgan fingerprint density at radius 1 is 1.30 bits per heavy atom. The molecule has 2 aliphatic rings. The summed E-state index contributed by atoms with van der Waals surface area (Å²) in [5, 5.41) is 5.18. The molecule has 1 fully saturated rings. The largest absolute Gasteiger partial charge is 0.352 e. The number of amides is 4. The first-order chi connectivity index (χ1) is 12.8. The van der Waals surface area contributed by atoms with E-state index in [0.717, 1.165) is 17.5 Å². The summed E-state index contributed by atoms with van der Waals surface area (Å²) in [4.78, 5) is 49.6. The molecule has 27 heavy (non-hydrogen) atoms. The van der Waals surface area contributed by atoms with Gasteiger partial charge in [-0.3, -0.25) is 24.5 Å².